The molecule has 0 bridgehead atoms. The zero-order valence-electron chi connectivity index (χ0n) is 11.8. The number of ether oxygens (including phenoxy) is 3. The number of rotatable bonds is 8. The van der Waals surface area contributed by atoms with E-state index in [4.69, 9.17) is 14.2 Å². The Morgan fingerprint density at radius 1 is 1.20 bits per heavy atom. The summed E-state index contributed by atoms with van der Waals surface area (Å²) >= 11 is 0. The van der Waals surface area contributed by atoms with E-state index >= 15 is 0 Å². The highest BCUT2D eigenvalue weighted by atomic mass is 16.5. The first-order valence-electron chi connectivity index (χ1n) is 6.24. The Kier molecular flexibility index (Phi) is 7.00. The molecule has 1 amide bonds. The average Bonchev–Trinajstić information content (AvgIpc) is 2.45. The van der Waals surface area contributed by atoms with Crippen LogP contribution in [0.5, 0.6) is 0 Å². The predicted molar refractivity (Wildman–Crippen MR) is 73.3 cm³/mol. The van der Waals surface area contributed by atoms with Crippen LogP contribution in [0.1, 0.15) is 5.56 Å². The van der Waals surface area contributed by atoms with E-state index in [1.165, 1.54) is 14.2 Å². The Labute approximate surface area is 118 Å². The maximum atomic E-state index is 11.5. The number of methoxy groups -OCH3 is 2. The number of hydrogen-bond acceptors (Lipinski definition) is 5. The van der Waals surface area contributed by atoms with Gasteiger partial charge in [-0.1, -0.05) is 30.3 Å². The van der Waals surface area contributed by atoms with Gasteiger partial charge < -0.3 is 24.6 Å². The van der Waals surface area contributed by atoms with Crippen LogP contribution in [0.15, 0.2) is 30.3 Å². The van der Waals surface area contributed by atoms with Gasteiger partial charge in [0.15, 0.2) is 0 Å². The van der Waals surface area contributed by atoms with E-state index < -0.39 is 11.7 Å². The molecule has 0 unspecified atom stereocenters. The number of hydrogen-bond donors (Lipinski definition) is 2. The summed E-state index contributed by atoms with van der Waals surface area (Å²) in [6.45, 7) is 0.279. The smallest absolute Gasteiger partial charge is 0.407 e. The molecule has 0 aliphatic rings. The summed E-state index contributed by atoms with van der Waals surface area (Å²) in [4.78, 5) is 11.5. The highest BCUT2D eigenvalue weighted by molar-refractivity contribution is 5.67. The van der Waals surface area contributed by atoms with Crippen LogP contribution in [0.3, 0.4) is 0 Å². The molecule has 0 heterocycles. The largest absolute Gasteiger partial charge is 0.445 e. The number of alkyl carbamates (subject to hydrolysis) is 1. The molecule has 0 radical (unpaired) electrons. The van der Waals surface area contributed by atoms with Crippen LogP contribution in [0.4, 0.5) is 4.79 Å². The van der Waals surface area contributed by atoms with Crippen molar-refractivity contribution in [1.29, 1.82) is 0 Å². The molecule has 0 aliphatic heterocycles. The minimum Gasteiger partial charge on any atom is -0.445 e. The van der Waals surface area contributed by atoms with Crippen LogP contribution in [0.2, 0.25) is 0 Å². The third-order valence-corrected chi connectivity index (χ3v) is 2.60. The zero-order valence-corrected chi connectivity index (χ0v) is 11.8. The van der Waals surface area contributed by atoms with Gasteiger partial charge >= 0.3 is 6.09 Å². The van der Waals surface area contributed by atoms with Crippen molar-refractivity contribution < 1.29 is 24.1 Å². The van der Waals surface area contributed by atoms with E-state index in [-0.39, 0.29) is 26.4 Å². The lowest BCUT2D eigenvalue weighted by atomic mass is 10.1. The number of carbonyl (C=O) groups excluding carboxylic acids is 1. The Hall–Kier alpha value is -1.63. The molecule has 0 saturated carbocycles. The SMILES string of the molecule is COCC(O)(CNC(=O)OCc1ccccc1)COC. The fourth-order valence-electron chi connectivity index (χ4n) is 1.69. The highest BCUT2D eigenvalue weighted by Gasteiger charge is 2.28. The Balaban J connectivity index is 2.34. The monoisotopic (exact) mass is 283 g/mol. The van der Waals surface area contributed by atoms with Gasteiger partial charge in [-0.15, -0.1) is 0 Å². The molecular formula is C14H21NO5. The number of amides is 1. The van der Waals surface area contributed by atoms with E-state index in [0.717, 1.165) is 5.56 Å². The summed E-state index contributed by atoms with van der Waals surface area (Å²) < 4.78 is 14.8. The normalized spacial score (nSPS) is 11.2. The molecule has 1 aromatic rings. The summed E-state index contributed by atoms with van der Waals surface area (Å²) in [5.74, 6) is 0. The van der Waals surface area contributed by atoms with Crippen molar-refractivity contribution in [2.75, 3.05) is 34.0 Å². The maximum Gasteiger partial charge on any atom is 0.407 e. The van der Waals surface area contributed by atoms with E-state index in [2.05, 4.69) is 5.32 Å². The summed E-state index contributed by atoms with van der Waals surface area (Å²) in [7, 11) is 2.93. The molecule has 20 heavy (non-hydrogen) atoms. The van der Waals surface area contributed by atoms with Crippen molar-refractivity contribution in [1.82, 2.24) is 5.32 Å². The van der Waals surface area contributed by atoms with E-state index in [1.54, 1.807) is 0 Å². The zero-order chi connectivity index (χ0) is 14.8. The molecule has 0 aromatic heterocycles. The molecule has 6 heteroatoms. The second kappa shape index (κ2) is 8.52. The first-order chi connectivity index (χ1) is 9.59. The predicted octanol–water partition coefficient (Wildman–Crippen LogP) is 0.937. The third-order valence-electron chi connectivity index (χ3n) is 2.60. The van der Waals surface area contributed by atoms with Gasteiger partial charge in [-0.05, 0) is 5.56 Å². The van der Waals surface area contributed by atoms with Gasteiger partial charge in [-0.25, -0.2) is 4.79 Å². The number of benzene rings is 1. The minimum atomic E-state index is -1.27. The van der Waals surface area contributed by atoms with Crippen molar-refractivity contribution >= 4 is 6.09 Å². The Morgan fingerprint density at radius 3 is 2.35 bits per heavy atom. The fourth-order valence-corrected chi connectivity index (χ4v) is 1.69. The molecule has 1 aromatic carbocycles. The number of nitrogens with one attached hydrogen (secondary N) is 1. The number of aliphatic hydroxyl groups is 1. The highest BCUT2D eigenvalue weighted by Crippen LogP contribution is 2.05. The lowest BCUT2D eigenvalue weighted by Gasteiger charge is -2.26. The van der Waals surface area contributed by atoms with Crippen LogP contribution in [-0.2, 0) is 20.8 Å². The van der Waals surface area contributed by atoms with Gasteiger partial charge in [0.25, 0.3) is 0 Å². The minimum absolute atomic E-state index is 0.0116. The van der Waals surface area contributed by atoms with Gasteiger partial charge in [0.1, 0.15) is 12.2 Å². The summed E-state index contributed by atoms with van der Waals surface area (Å²) in [6, 6.07) is 9.34. The molecule has 0 aliphatic carbocycles. The summed E-state index contributed by atoms with van der Waals surface area (Å²) in [5.41, 5.74) is -0.373. The maximum absolute atomic E-state index is 11.5. The van der Waals surface area contributed by atoms with Crippen molar-refractivity contribution in [3.8, 4) is 0 Å². The number of carbonyl (C=O) groups is 1. The Morgan fingerprint density at radius 2 is 1.80 bits per heavy atom. The lowest BCUT2D eigenvalue weighted by molar-refractivity contribution is -0.0746. The van der Waals surface area contributed by atoms with Gasteiger partial charge in [0.2, 0.25) is 0 Å². The van der Waals surface area contributed by atoms with Crippen LogP contribution in [0, 0.1) is 0 Å². The first kappa shape index (κ1) is 16.4. The van der Waals surface area contributed by atoms with Crippen LogP contribution < -0.4 is 5.32 Å². The Bertz CT molecular complexity index is 390. The van der Waals surface area contributed by atoms with Crippen molar-refractivity contribution in [3.63, 3.8) is 0 Å². The van der Waals surface area contributed by atoms with Gasteiger partial charge in [0, 0.05) is 14.2 Å². The molecule has 0 atom stereocenters. The van der Waals surface area contributed by atoms with Crippen LogP contribution in [-0.4, -0.2) is 50.8 Å². The molecule has 6 nitrogen and oxygen atoms in total. The van der Waals surface area contributed by atoms with Gasteiger partial charge in [-0.2, -0.15) is 0 Å². The quantitative estimate of drug-likeness (QED) is 0.742. The molecule has 0 spiro atoms. The lowest BCUT2D eigenvalue weighted by Crippen LogP contribution is -2.49. The van der Waals surface area contributed by atoms with Gasteiger partial charge in [0.05, 0.1) is 19.8 Å². The van der Waals surface area contributed by atoms with Gasteiger partial charge in [-0.3, -0.25) is 0 Å². The molecule has 1 rings (SSSR count). The summed E-state index contributed by atoms with van der Waals surface area (Å²) in [5, 5.41) is 12.6. The van der Waals surface area contributed by atoms with Crippen LogP contribution in [0.25, 0.3) is 0 Å². The van der Waals surface area contributed by atoms with Crippen molar-refractivity contribution in [3.05, 3.63) is 35.9 Å². The van der Waals surface area contributed by atoms with E-state index in [9.17, 15) is 9.90 Å². The molecule has 112 valence electrons. The molecule has 2 N–H and O–H groups in total. The topological polar surface area (TPSA) is 77.0 Å². The van der Waals surface area contributed by atoms with E-state index in [1.807, 2.05) is 30.3 Å². The second-order valence-electron chi connectivity index (χ2n) is 4.51. The van der Waals surface area contributed by atoms with Crippen molar-refractivity contribution in [2.24, 2.45) is 0 Å². The molecular weight excluding hydrogens is 262 g/mol. The second-order valence-corrected chi connectivity index (χ2v) is 4.51. The third kappa shape index (κ3) is 6.01. The van der Waals surface area contributed by atoms with Crippen molar-refractivity contribution in [2.45, 2.75) is 12.2 Å². The summed E-state index contributed by atoms with van der Waals surface area (Å²) in [6.07, 6.45) is -0.598. The molecule has 0 saturated heterocycles. The van der Waals surface area contributed by atoms with E-state index in [0.29, 0.717) is 0 Å². The fraction of sp³-hybridized carbons (Fsp3) is 0.500. The molecule has 0 fully saturated rings. The average molecular weight is 283 g/mol. The van der Waals surface area contributed by atoms with Crippen LogP contribution >= 0.6 is 0 Å². The standard InChI is InChI=1S/C14H21NO5/c1-18-10-14(17,11-19-2)9-15-13(16)20-8-12-6-4-3-5-7-12/h3-7,17H,8-11H2,1-2H3,(H,15,16). The first-order valence-corrected chi connectivity index (χ1v) is 6.24.